The van der Waals surface area contributed by atoms with E-state index in [2.05, 4.69) is 9.88 Å². The van der Waals surface area contributed by atoms with Crippen LogP contribution in [0.2, 0.25) is 10.0 Å². The summed E-state index contributed by atoms with van der Waals surface area (Å²) in [6.45, 7) is 1.62. The standard InChI is InChI=1S/C20H19Cl2N3O2/c21-15-7-3-6-14(18(15)22)20(27)19-16-8-1-2-10-25(16)17(23-19)11-24-9-4-5-13(24)12-26/h1-3,6-8,10,13,26H,4-5,9,11-12H2. The van der Waals surface area contributed by atoms with Gasteiger partial charge in [0.05, 0.1) is 28.7 Å². The van der Waals surface area contributed by atoms with Crippen LogP contribution in [0.15, 0.2) is 42.6 Å². The molecular formula is C20H19Cl2N3O2. The second kappa shape index (κ2) is 7.60. The van der Waals surface area contributed by atoms with Gasteiger partial charge in [-0.2, -0.15) is 0 Å². The molecule has 1 unspecified atom stereocenters. The van der Waals surface area contributed by atoms with Gasteiger partial charge in [0, 0.05) is 17.8 Å². The lowest BCUT2D eigenvalue weighted by Crippen LogP contribution is -2.32. The van der Waals surface area contributed by atoms with Gasteiger partial charge in [-0.3, -0.25) is 9.69 Å². The van der Waals surface area contributed by atoms with Gasteiger partial charge in [-0.25, -0.2) is 4.98 Å². The molecule has 7 heteroatoms. The summed E-state index contributed by atoms with van der Waals surface area (Å²) in [6, 6.07) is 10.8. The molecule has 1 aliphatic rings. The highest BCUT2D eigenvalue weighted by Crippen LogP contribution is 2.29. The van der Waals surface area contributed by atoms with Gasteiger partial charge in [-0.05, 0) is 43.7 Å². The monoisotopic (exact) mass is 403 g/mol. The van der Waals surface area contributed by atoms with E-state index in [9.17, 15) is 9.90 Å². The van der Waals surface area contributed by atoms with Gasteiger partial charge in [0.15, 0.2) is 0 Å². The minimum absolute atomic E-state index is 0.132. The minimum Gasteiger partial charge on any atom is -0.395 e. The molecule has 0 bridgehead atoms. The maximum atomic E-state index is 13.1. The Morgan fingerprint density at radius 3 is 2.89 bits per heavy atom. The van der Waals surface area contributed by atoms with E-state index in [0.717, 1.165) is 30.7 Å². The third-order valence-electron chi connectivity index (χ3n) is 5.09. The van der Waals surface area contributed by atoms with Crippen molar-refractivity contribution in [3.63, 3.8) is 0 Å². The lowest BCUT2D eigenvalue weighted by Gasteiger charge is -2.21. The molecule has 2 aromatic heterocycles. The van der Waals surface area contributed by atoms with Crippen molar-refractivity contribution in [1.29, 1.82) is 0 Å². The number of imidazole rings is 1. The summed E-state index contributed by atoms with van der Waals surface area (Å²) in [6.07, 6.45) is 3.93. The Labute approximate surface area is 167 Å². The average molecular weight is 404 g/mol. The fourth-order valence-corrected chi connectivity index (χ4v) is 4.06. The van der Waals surface area contributed by atoms with Crippen molar-refractivity contribution in [3.8, 4) is 0 Å². The number of hydrogen-bond donors (Lipinski definition) is 1. The highest BCUT2D eigenvalue weighted by Gasteiger charge is 2.27. The maximum absolute atomic E-state index is 13.1. The van der Waals surface area contributed by atoms with Gasteiger partial charge >= 0.3 is 0 Å². The molecule has 3 heterocycles. The zero-order valence-electron chi connectivity index (χ0n) is 14.6. The van der Waals surface area contributed by atoms with Gasteiger partial charge in [-0.15, -0.1) is 0 Å². The molecule has 1 N–H and O–H groups in total. The average Bonchev–Trinajstić information content (AvgIpc) is 3.28. The van der Waals surface area contributed by atoms with Gasteiger partial charge in [0.25, 0.3) is 0 Å². The first-order valence-corrected chi connectivity index (χ1v) is 9.65. The van der Waals surface area contributed by atoms with Crippen LogP contribution in [0.5, 0.6) is 0 Å². The molecule has 5 nitrogen and oxygen atoms in total. The number of ketones is 1. The van der Waals surface area contributed by atoms with Crippen LogP contribution in [0.3, 0.4) is 0 Å². The molecule has 4 rings (SSSR count). The Morgan fingerprint density at radius 2 is 2.07 bits per heavy atom. The molecule has 1 fully saturated rings. The van der Waals surface area contributed by atoms with Crippen molar-refractivity contribution in [3.05, 3.63) is 69.7 Å². The number of halogens is 2. The van der Waals surface area contributed by atoms with Crippen LogP contribution >= 0.6 is 23.2 Å². The summed E-state index contributed by atoms with van der Waals surface area (Å²) in [5.41, 5.74) is 1.43. The lowest BCUT2D eigenvalue weighted by molar-refractivity contribution is 0.103. The van der Waals surface area contributed by atoms with Crippen LogP contribution in [-0.2, 0) is 6.54 Å². The summed E-state index contributed by atoms with van der Waals surface area (Å²) in [5, 5.41) is 10.2. The largest absolute Gasteiger partial charge is 0.395 e. The molecule has 140 valence electrons. The molecule has 1 saturated heterocycles. The number of fused-ring (bicyclic) bond motifs is 1. The third-order valence-corrected chi connectivity index (χ3v) is 5.91. The van der Waals surface area contributed by atoms with Crippen LogP contribution in [0.1, 0.15) is 34.7 Å². The number of nitrogens with zero attached hydrogens (tertiary/aromatic N) is 3. The Morgan fingerprint density at radius 1 is 1.22 bits per heavy atom. The van der Waals surface area contributed by atoms with Crippen LogP contribution in [-0.4, -0.2) is 44.4 Å². The number of rotatable bonds is 5. The number of carbonyl (C=O) groups is 1. The van der Waals surface area contributed by atoms with Gasteiger partial charge < -0.3 is 9.51 Å². The molecule has 1 atom stereocenters. The van der Waals surface area contributed by atoms with E-state index in [-0.39, 0.29) is 23.5 Å². The van der Waals surface area contributed by atoms with E-state index < -0.39 is 0 Å². The zero-order chi connectivity index (χ0) is 19.0. The van der Waals surface area contributed by atoms with Crippen molar-refractivity contribution in [1.82, 2.24) is 14.3 Å². The zero-order valence-corrected chi connectivity index (χ0v) is 16.1. The molecule has 0 spiro atoms. The van der Waals surface area contributed by atoms with E-state index in [0.29, 0.717) is 22.8 Å². The number of aromatic nitrogens is 2. The topological polar surface area (TPSA) is 57.8 Å². The summed E-state index contributed by atoms with van der Waals surface area (Å²) in [5.74, 6) is 0.519. The number of aliphatic hydroxyl groups is 1. The number of pyridine rings is 1. The van der Waals surface area contributed by atoms with Crippen molar-refractivity contribution in [2.45, 2.75) is 25.4 Å². The quantitative estimate of drug-likeness (QED) is 0.657. The van der Waals surface area contributed by atoms with Gasteiger partial charge in [-0.1, -0.05) is 35.3 Å². The van der Waals surface area contributed by atoms with Crippen LogP contribution < -0.4 is 0 Å². The van der Waals surface area contributed by atoms with Gasteiger partial charge in [0.1, 0.15) is 11.5 Å². The first-order valence-electron chi connectivity index (χ1n) is 8.89. The normalized spacial score (nSPS) is 17.7. The van der Waals surface area contributed by atoms with Crippen LogP contribution in [0, 0.1) is 0 Å². The fraction of sp³-hybridized carbons (Fsp3) is 0.300. The first kappa shape index (κ1) is 18.4. The molecule has 3 aromatic rings. The number of aliphatic hydroxyl groups excluding tert-OH is 1. The predicted octanol–water partition coefficient (Wildman–Crippen LogP) is 3.83. The second-order valence-corrected chi connectivity index (χ2v) is 7.50. The minimum atomic E-state index is -0.252. The highest BCUT2D eigenvalue weighted by molar-refractivity contribution is 6.44. The van der Waals surface area contributed by atoms with Gasteiger partial charge in [0.2, 0.25) is 5.78 Å². The first-order chi connectivity index (χ1) is 13.1. The van der Waals surface area contributed by atoms with Crippen molar-refractivity contribution in [2.75, 3.05) is 13.2 Å². The molecule has 1 aliphatic heterocycles. The molecule has 0 aliphatic carbocycles. The predicted molar refractivity (Wildman–Crippen MR) is 106 cm³/mol. The Bertz CT molecular complexity index is 1000. The molecule has 0 radical (unpaired) electrons. The molecule has 1 aromatic carbocycles. The van der Waals surface area contributed by atoms with E-state index in [1.165, 1.54) is 0 Å². The Hall–Kier alpha value is -1.92. The summed E-state index contributed by atoms with van der Waals surface area (Å²) >= 11 is 12.3. The molecule has 27 heavy (non-hydrogen) atoms. The van der Waals surface area contributed by atoms with Crippen LogP contribution in [0.4, 0.5) is 0 Å². The number of hydrogen-bond acceptors (Lipinski definition) is 4. The molecule has 0 amide bonds. The van der Waals surface area contributed by atoms with E-state index in [4.69, 9.17) is 23.2 Å². The number of benzene rings is 1. The SMILES string of the molecule is O=C(c1cccc(Cl)c1Cl)c1nc(CN2CCCC2CO)n2ccccc12. The maximum Gasteiger partial charge on any atom is 0.215 e. The Balaban J connectivity index is 1.76. The number of likely N-dealkylation sites (tertiary alicyclic amines) is 1. The van der Waals surface area contributed by atoms with E-state index in [1.54, 1.807) is 18.2 Å². The lowest BCUT2D eigenvalue weighted by atomic mass is 10.1. The summed E-state index contributed by atoms with van der Waals surface area (Å²) in [7, 11) is 0. The second-order valence-electron chi connectivity index (χ2n) is 6.71. The number of carbonyl (C=O) groups excluding carboxylic acids is 1. The third kappa shape index (κ3) is 3.36. The van der Waals surface area contributed by atoms with E-state index in [1.807, 2.05) is 28.8 Å². The fourth-order valence-electron chi connectivity index (χ4n) is 3.68. The van der Waals surface area contributed by atoms with Crippen molar-refractivity contribution < 1.29 is 9.90 Å². The van der Waals surface area contributed by atoms with Crippen LogP contribution in [0.25, 0.3) is 5.52 Å². The van der Waals surface area contributed by atoms with Crippen molar-refractivity contribution in [2.24, 2.45) is 0 Å². The smallest absolute Gasteiger partial charge is 0.215 e. The summed E-state index contributed by atoms with van der Waals surface area (Å²) < 4.78 is 1.93. The van der Waals surface area contributed by atoms with E-state index >= 15 is 0 Å². The van der Waals surface area contributed by atoms with Crippen molar-refractivity contribution >= 4 is 34.5 Å². The summed E-state index contributed by atoms with van der Waals surface area (Å²) in [4.78, 5) is 20.0. The highest BCUT2D eigenvalue weighted by atomic mass is 35.5. The molecular weight excluding hydrogens is 385 g/mol. The Kier molecular flexibility index (Phi) is 5.19. The molecule has 0 saturated carbocycles.